The lowest BCUT2D eigenvalue weighted by molar-refractivity contribution is 0.373. The Kier molecular flexibility index (Phi) is 8.75. The van der Waals surface area contributed by atoms with Gasteiger partial charge in [0.25, 0.3) is 0 Å². The van der Waals surface area contributed by atoms with Crippen LogP contribution < -0.4 is 5.32 Å². The highest BCUT2D eigenvalue weighted by molar-refractivity contribution is 4.73. The third kappa shape index (κ3) is 7.41. The van der Waals surface area contributed by atoms with Crippen molar-refractivity contribution in [3.63, 3.8) is 0 Å². The molecule has 0 spiro atoms. The van der Waals surface area contributed by atoms with Crippen molar-refractivity contribution in [1.29, 1.82) is 0 Å². The van der Waals surface area contributed by atoms with Gasteiger partial charge in [-0.05, 0) is 44.1 Å². The second-order valence-corrected chi connectivity index (χ2v) is 6.70. The smallest absolute Gasteiger partial charge is 0.00671 e. The van der Waals surface area contributed by atoms with Crippen molar-refractivity contribution in [2.45, 2.75) is 91.0 Å². The molecule has 1 atom stereocenters. The van der Waals surface area contributed by atoms with Crippen LogP contribution in [-0.2, 0) is 0 Å². The lowest BCUT2D eigenvalue weighted by atomic mass is 9.95. The zero-order valence-electron chi connectivity index (χ0n) is 13.0. The minimum Gasteiger partial charge on any atom is -0.314 e. The van der Waals surface area contributed by atoms with Crippen LogP contribution in [0, 0.1) is 11.8 Å². The molecule has 0 heterocycles. The maximum atomic E-state index is 3.77. The summed E-state index contributed by atoms with van der Waals surface area (Å²) in [6.07, 6.45) is 14.4. The highest BCUT2D eigenvalue weighted by Crippen LogP contribution is 2.29. The van der Waals surface area contributed by atoms with Gasteiger partial charge in [-0.2, -0.15) is 0 Å². The molecule has 0 aromatic rings. The summed E-state index contributed by atoms with van der Waals surface area (Å²) in [6, 6.07) is 0.796. The maximum Gasteiger partial charge on any atom is 0.00671 e. The van der Waals surface area contributed by atoms with Gasteiger partial charge in [0, 0.05) is 6.04 Å². The van der Waals surface area contributed by atoms with Crippen LogP contribution in [0.4, 0.5) is 0 Å². The molecule has 18 heavy (non-hydrogen) atoms. The first-order valence-corrected chi connectivity index (χ1v) is 8.45. The molecule has 0 aliphatic heterocycles. The summed E-state index contributed by atoms with van der Waals surface area (Å²) in [5.41, 5.74) is 0. The van der Waals surface area contributed by atoms with Gasteiger partial charge in [-0.3, -0.25) is 0 Å². The third-order valence-electron chi connectivity index (χ3n) is 4.42. The zero-order valence-corrected chi connectivity index (χ0v) is 13.0. The van der Waals surface area contributed by atoms with Crippen molar-refractivity contribution >= 4 is 0 Å². The highest BCUT2D eigenvalue weighted by Gasteiger charge is 2.17. The predicted molar refractivity (Wildman–Crippen MR) is 82.0 cm³/mol. The van der Waals surface area contributed by atoms with Crippen molar-refractivity contribution in [3.8, 4) is 0 Å². The average Bonchev–Trinajstić information content (AvgIpc) is 2.84. The molecular weight excluding hydrogens is 218 g/mol. The maximum absolute atomic E-state index is 3.77. The van der Waals surface area contributed by atoms with E-state index in [-0.39, 0.29) is 0 Å². The molecule has 0 aromatic heterocycles. The molecule has 1 saturated carbocycles. The molecule has 0 radical (unpaired) electrons. The third-order valence-corrected chi connectivity index (χ3v) is 4.42. The summed E-state index contributed by atoms with van der Waals surface area (Å²) in [6.45, 7) is 8.16. The standard InChI is InChI=1S/C17H35N/c1-4-14-18-17(11-7-8-15(2)3)13-12-16-9-5-6-10-16/h15-18H,4-14H2,1-3H3. The van der Waals surface area contributed by atoms with E-state index in [2.05, 4.69) is 26.1 Å². The average molecular weight is 253 g/mol. The topological polar surface area (TPSA) is 12.0 Å². The van der Waals surface area contributed by atoms with Gasteiger partial charge in [0.2, 0.25) is 0 Å². The monoisotopic (exact) mass is 253 g/mol. The first kappa shape index (κ1) is 16.0. The van der Waals surface area contributed by atoms with E-state index >= 15 is 0 Å². The van der Waals surface area contributed by atoms with Crippen LogP contribution in [0.5, 0.6) is 0 Å². The molecule has 1 aliphatic carbocycles. The number of hydrogen-bond donors (Lipinski definition) is 1. The summed E-state index contributed by atoms with van der Waals surface area (Å²) >= 11 is 0. The molecule has 1 N–H and O–H groups in total. The van der Waals surface area contributed by atoms with Gasteiger partial charge < -0.3 is 5.32 Å². The second kappa shape index (κ2) is 9.83. The Bertz CT molecular complexity index is 182. The van der Waals surface area contributed by atoms with E-state index in [0.717, 1.165) is 17.9 Å². The minimum atomic E-state index is 0.796. The molecule has 1 heteroatoms. The van der Waals surface area contributed by atoms with Gasteiger partial charge in [-0.25, -0.2) is 0 Å². The SMILES string of the molecule is CCCNC(CCCC(C)C)CCC1CCCC1. The molecule has 1 unspecified atom stereocenters. The van der Waals surface area contributed by atoms with Gasteiger partial charge >= 0.3 is 0 Å². The molecule has 108 valence electrons. The number of rotatable bonds is 10. The Morgan fingerprint density at radius 2 is 1.78 bits per heavy atom. The van der Waals surface area contributed by atoms with E-state index < -0.39 is 0 Å². The fraction of sp³-hybridized carbons (Fsp3) is 1.00. The van der Waals surface area contributed by atoms with Crippen molar-refractivity contribution in [3.05, 3.63) is 0 Å². The molecule has 0 amide bonds. The Hall–Kier alpha value is -0.0400. The second-order valence-electron chi connectivity index (χ2n) is 6.70. The van der Waals surface area contributed by atoms with Crippen molar-refractivity contribution < 1.29 is 0 Å². The Morgan fingerprint density at radius 1 is 1.06 bits per heavy atom. The normalized spacial score (nSPS) is 18.7. The lowest BCUT2D eigenvalue weighted by Crippen LogP contribution is -2.30. The summed E-state index contributed by atoms with van der Waals surface area (Å²) in [5, 5.41) is 3.77. The van der Waals surface area contributed by atoms with Crippen molar-refractivity contribution in [1.82, 2.24) is 5.32 Å². The van der Waals surface area contributed by atoms with Gasteiger partial charge in [0.1, 0.15) is 0 Å². The summed E-state index contributed by atoms with van der Waals surface area (Å²) < 4.78 is 0. The summed E-state index contributed by atoms with van der Waals surface area (Å²) in [5.74, 6) is 1.92. The van der Waals surface area contributed by atoms with E-state index in [0.29, 0.717) is 0 Å². The van der Waals surface area contributed by atoms with E-state index in [4.69, 9.17) is 0 Å². The van der Waals surface area contributed by atoms with Crippen LogP contribution in [0.1, 0.15) is 85.0 Å². The van der Waals surface area contributed by atoms with E-state index in [1.165, 1.54) is 70.8 Å². The fourth-order valence-electron chi connectivity index (χ4n) is 3.21. The van der Waals surface area contributed by atoms with Crippen LogP contribution in [0.15, 0.2) is 0 Å². The zero-order chi connectivity index (χ0) is 13.2. The minimum absolute atomic E-state index is 0.796. The van der Waals surface area contributed by atoms with E-state index in [9.17, 15) is 0 Å². The lowest BCUT2D eigenvalue weighted by Gasteiger charge is -2.20. The summed E-state index contributed by atoms with van der Waals surface area (Å²) in [7, 11) is 0. The van der Waals surface area contributed by atoms with Gasteiger partial charge in [0.15, 0.2) is 0 Å². The Balaban J connectivity index is 2.16. The number of hydrogen-bond acceptors (Lipinski definition) is 1. The van der Waals surface area contributed by atoms with Gasteiger partial charge in [0.05, 0.1) is 0 Å². The van der Waals surface area contributed by atoms with E-state index in [1.807, 2.05) is 0 Å². The Labute approximate surface area is 115 Å². The highest BCUT2D eigenvalue weighted by atomic mass is 14.9. The molecule has 0 saturated heterocycles. The predicted octanol–water partition coefficient (Wildman–Crippen LogP) is 5.15. The Morgan fingerprint density at radius 3 is 2.39 bits per heavy atom. The van der Waals surface area contributed by atoms with Crippen LogP contribution >= 0.6 is 0 Å². The molecular formula is C17H35N. The first-order valence-electron chi connectivity index (χ1n) is 8.45. The molecule has 0 aromatic carbocycles. The number of nitrogens with one attached hydrogen (secondary N) is 1. The molecule has 1 aliphatic rings. The van der Waals surface area contributed by atoms with Crippen LogP contribution in [0.2, 0.25) is 0 Å². The van der Waals surface area contributed by atoms with Crippen LogP contribution in [0.3, 0.4) is 0 Å². The van der Waals surface area contributed by atoms with Gasteiger partial charge in [-0.15, -0.1) is 0 Å². The van der Waals surface area contributed by atoms with Crippen LogP contribution in [0.25, 0.3) is 0 Å². The summed E-state index contributed by atoms with van der Waals surface area (Å²) in [4.78, 5) is 0. The fourth-order valence-corrected chi connectivity index (χ4v) is 3.21. The quantitative estimate of drug-likeness (QED) is 0.567. The molecule has 1 fully saturated rings. The largest absolute Gasteiger partial charge is 0.314 e. The van der Waals surface area contributed by atoms with Crippen molar-refractivity contribution in [2.24, 2.45) is 11.8 Å². The van der Waals surface area contributed by atoms with E-state index in [1.54, 1.807) is 0 Å². The molecule has 1 rings (SSSR count). The van der Waals surface area contributed by atoms with Gasteiger partial charge in [-0.1, -0.05) is 59.3 Å². The van der Waals surface area contributed by atoms with Crippen molar-refractivity contribution in [2.75, 3.05) is 6.54 Å². The first-order chi connectivity index (χ1) is 8.72. The molecule has 1 nitrogen and oxygen atoms in total. The van der Waals surface area contributed by atoms with Crippen LogP contribution in [-0.4, -0.2) is 12.6 Å². The molecule has 0 bridgehead atoms.